The van der Waals surface area contributed by atoms with E-state index in [9.17, 15) is 0 Å². The first-order valence-corrected chi connectivity index (χ1v) is 7.67. The topological polar surface area (TPSA) is 52.0 Å². The molecule has 0 unspecified atom stereocenters. The van der Waals surface area contributed by atoms with Crippen LogP contribution in [0.2, 0.25) is 0 Å². The number of aromatic nitrogens is 1. The molecule has 0 radical (unpaired) electrons. The van der Waals surface area contributed by atoms with E-state index in [2.05, 4.69) is 62.8 Å². The van der Waals surface area contributed by atoms with Gasteiger partial charge in [0.25, 0.3) is 0 Å². The third-order valence-electron chi connectivity index (χ3n) is 3.36. The molecule has 1 aromatic heterocycles. The van der Waals surface area contributed by atoms with Crippen molar-refractivity contribution in [1.82, 2.24) is 4.98 Å². The van der Waals surface area contributed by atoms with Crippen molar-refractivity contribution >= 4 is 48.6 Å². The van der Waals surface area contributed by atoms with E-state index in [0.29, 0.717) is 17.2 Å². The molecule has 0 atom stereocenters. The van der Waals surface area contributed by atoms with Gasteiger partial charge in [0.15, 0.2) is 5.58 Å². The minimum Gasteiger partial charge on any atom is -0.435 e. The summed E-state index contributed by atoms with van der Waals surface area (Å²) in [6.45, 7) is 4.16. The lowest BCUT2D eigenvalue weighted by Gasteiger charge is -2.01. The van der Waals surface area contributed by atoms with Crippen LogP contribution in [0.15, 0.2) is 37.6 Å². The van der Waals surface area contributed by atoms with Crippen molar-refractivity contribution in [3.05, 3.63) is 44.3 Å². The second-order valence-corrected chi connectivity index (χ2v) is 6.40. The van der Waals surface area contributed by atoms with Crippen molar-refractivity contribution in [2.24, 2.45) is 0 Å². The maximum Gasteiger partial charge on any atom is 0.227 e. The first-order chi connectivity index (χ1) is 9.47. The summed E-state index contributed by atoms with van der Waals surface area (Å²) in [5.41, 5.74) is 11.4. The van der Waals surface area contributed by atoms with Crippen molar-refractivity contribution in [2.75, 3.05) is 5.73 Å². The van der Waals surface area contributed by atoms with Crippen LogP contribution in [0.3, 0.4) is 0 Å². The van der Waals surface area contributed by atoms with E-state index in [0.717, 1.165) is 20.0 Å². The van der Waals surface area contributed by atoms with Gasteiger partial charge in [0.1, 0.15) is 5.52 Å². The Hall–Kier alpha value is -1.33. The fourth-order valence-electron chi connectivity index (χ4n) is 2.01. The van der Waals surface area contributed by atoms with Crippen molar-refractivity contribution < 1.29 is 4.42 Å². The molecule has 0 bridgehead atoms. The summed E-state index contributed by atoms with van der Waals surface area (Å²) in [5, 5.41) is 0. The lowest BCUT2D eigenvalue weighted by molar-refractivity contribution is 0.618. The van der Waals surface area contributed by atoms with Crippen molar-refractivity contribution in [1.29, 1.82) is 0 Å². The van der Waals surface area contributed by atoms with Crippen molar-refractivity contribution in [3.8, 4) is 11.5 Å². The van der Waals surface area contributed by atoms with E-state index in [-0.39, 0.29) is 0 Å². The molecule has 0 fully saturated rings. The van der Waals surface area contributed by atoms with Gasteiger partial charge in [0.2, 0.25) is 5.89 Å². The molecule has 0 aliphatic rings. The van der Waals surface area contributed by atoms with Gasteiger partial charge in [0, 0.05) is 10.0 Å². The van der Waals surface area contributed by atoms with Gasteiger partial charge in [-0.05, 0) is 75.0 Å². The summed E-state index contributed by atoms with van der Waals surface area (Å²) in [7, 11) is 0. The zero-order chi connectivity index (χ0) is 14.4. The zero-order valence-corrected chi connectivity index (χ0v) is 14.2. The Labute approximate surface area is 133 Å². The Morgan fingerprint density at radius 3 is 2.55 bits per heavy atom. The number of hydrogen-bond donors (Lipinski definition) is 1. The molecule has 3 rings (SSSR count). The molecule has 1 heterocycles. The molecule has 0 spiro atoms. The quantitative estimate of drug-likeness (QED) is 0.574. The normalized spacial score (nSPS) is 11.2. The molecule has 0 aliphatic heterocycles. The number of oxazole rings is 1. The highest BCUT2D eigenvalue weighted by Crippen LogP contribution is 2.37. The minimum absolute atomic E-state index is 0.598. The summed E-state index contributed by atoms with van der Waals surface area (Å²) < 4.78 is 7.39. The molecular formula is C15H12Br2N2O. The Morgan fingerprint density at radius 2 is 1.85 bits per heavy atom. The summed E-state index contributed by atoms with van der Waals surface area (Å²) in [5.74, 6) is 0.598. The minimum atomic E-state index is 0.598. The van der Waals surface area contributed by atoms with Crippen molar-refractivity contribution in [2.45, 2.75) is 13.8 Å². The smallest absolute Gasteiger partial charge is 0.227 e. The molecule has 3 aromatic rings. The number of halogens is 2. The van der Waals surface area contributed by atoms with Gasteiger partial charge in [-0.15, -0.1) is 0 Å². The summed E-state index contributed by atoms with van der Waals surface area (Å²) in [6, 6.07) is 8.02. The number of nitrogens with two attached hydrogens (primary N) is 1. The van der Waals surface area contributed by atoms with Crippen LogP contribution in [0, 0.1) is 13.8 Å². The number of fused-ring (bicyclic) bond motifs is 1. The number of aryl methyl sites for hydroxylation is 2. The van der Waals surface area contributed by atoms with Crippen LogP contribution >= 0.6 is 31.9 Å². The van der Waals surface area contributed by atoms with Gasteiger partial charge in [-0.1, -0.05) is 6.07 Å². The molecule has 2 N–H and O–H groups in total. The lowest BCUT2D eigenvalue weighted by Crippen LogP contribution is -1.88. The average molecular weight is 396 g/mol. The molecule has 20 heavy (non-hydrogen) atoms. The fourth-order valence-corrected chi connectivity index (χ4v) is 3.19. The predicted octanol–water partition coefficient (Wildman–Crippen LogP) is 5.22. The van der Waals surface area contributed by atoms with Crippen LogP contribution in [0.1, 0.15) is 11.1 Å². The molecule has 0 amide bonds. The van der Waals surface area contributed by atoms with E-state index in [4.69, 9.17) is 10.2 Å². The Bertz CT molecular complexity index is 824. The van der Waals surface area contributed by atoms with Gasteiger partial charge in [-0.2, -0.15) is 0 Å². The molecule has 3 nitrogen and oxygen atoms in total. The maximum atomic E-state index is 5.96. The van der Waals surface area contributed by atoms with Crippen LogP contribution in [-0.2, 0) is 0 Å². The summed E-state index contributed by atoms with van der Waals surface area (Å²) >= 11 is 6.87. The highest BCUT2D eigenvalue weighted by molar-refractivity contribution is 9.11. The third kappa shape index (κ3) is 2.15. The SMILES string of the molecule is Cc1ccc(-c2nc3cc(Br)c(N)c(Br)c3o2)cc1C. The number of anilines is 1. The van der Waals surface area contributed by atoms with Crippen LogP contribution in [-0.4, -0.2) is 4.98 Å². The number of nitrogen functional groups attached to an aromatic ring is 1. The largest absolute Gasteiger partial charge is 0.435 e. The molecule has 0 saturated carbocycles. The Morgan fingerprint density at radius 1 is 1.10 bits per heavy atom. The monoisotopic (exact) mass is 394 g/mol. The highest BCUT2D eigenvalue weighted by atomic mass is 79.9. The number of nitrogens with zero attached hydrogens (tertiary/aromatic N) is 1. The van der Waals surface area contributed by atoms with E-state index >= 15 is 0 Å². The molecule has 0 saturated heterocycles. The first-order valence-electron chi connectivity index (χ1n) is 6.09. The highest BCUT2D eigenvalue weighted by Gasteiger charge is 2.15. The molecule has 102 valence electrons. The van der Waals surface area contributed by atoms with Crippen LogP contribution in [0.4, 0.5) is 5.69 Å². The zero-order valence-electron chi connectivity index (χ0n) is 11.0. The van der Waals surface area contributed by atoms with Gasteiger partial charge < -0.3 is 10.2 Å². The Kier molecular flexibility index (Phi) is 3.34. The third-order valence-corrected chi connectivity index (χ3v) is 4.81. The number of hydrogen-bond acceptors (Lipinski definition) is 3. The van der Waals surface area contributed by atoms with E-state index < -0.39 is 0 Å². The second-order valence-electron chi connectivity index (χ2n) is 4.75. The van der Waals surface area contributed by atoms with Crippen molar-refractivity contribution in [3.63, 3.8) is 0 Å². The van der Waals surface area contributed by atoms with Crippen LogP contribution < -0.4 is 5.73 Å². The second kappa shape index (κ2) is 4.90. The fraction of sp³-hybridized carbons (Fsp3) is 0.133. The van der Waals surface area contributed by atoms with E-state index in [1.807, 2.05) is 12.1 Å². The molecular weight excluding hydrogens is 384 g/mol. The molecule has 0 aliphatic carbocycles. The van der Waals surface area contributed by atoms with Crippen LogP contribution in [0.5, 0.6) is 0 Å². The number of benzene rings is 2. The number of rotatable bonds is 1. The molecule has 2 aromatic carbocycles. The molecule has 5 heteroatoms. The van der Waals surface area contributed by atoms with E-state index in [1.165, 1.54) is 11.1 Å². The average Bonchev–Trinajstić information content (AvgIpc) is 2.83. The standard InChI is InChI=1S/C15H12Br2N2O/c1-7-3-4-9(5-8(7)2)15-19-11-6-10(16)13(18)12(17)14(11)20-15/h3-6H,18H2,1-2H3. The van der Waals surface area contributed by atoms with Crippen LogP contribution in [0.25, 0.3) is 22.6 Å². The summed E-state index contributed by atoms with van der Waals surface area (Å²) in [4.78, 5) is 4.53. The predicted molar refractivity (Wildman–Crippen MR) is 88.7 cm³/mol. The van der Waals surface area contributed by atoms with E-state index in [1.54, 1.807) is 0 Å². The maximum absolute atomic E-state index is 5.96. The van der Waals surface area contributed by atoms with Gasteiger partial charge in [-0.25, -0.2) is 4.98 Å². The van der Waals surface area contributed by atoms with Gasteiger partial charge in [-0.3, -0.25) is 0 Å². The lowest BCUT2D eigenvalue weighted by atomic mass is 10.1. The van der Waals surface area contributed by atoms with Gasteiger partial charge >= 0.3 is 0 Å². The summed E-state index contributed by atoms with van der Waals surface area (Å²) in [6.07, 6.45) is 0. The first kappa shape index (κ1) is 13.6. The Balaban J connectivity index is 2.23. The van der Waals surface area contributed by atoms with Gasteiger partial charge in [0.05, 0.1) is 10.2 Å².